The Kier molecular flexibility index (Phi) is 3.94. The van der Waals surface area contributed by atoms with Crippen LogP contribution in [0.1, 0.15) is 39.0 Å². The molecule has 12 heavy (non-hydrogen) atoms. The first-order chi connectivity index (χ1) is 5.83. The minimum atomic E-state index is 0.0716. The molecule has 0 bridgehead atoms. The van der Waals surface area contributed by atoms with Gasteiger partial charge in [-0.2, -0.15) is 17.0 Å². The Labute approximate surface area is 79.5 Å². The average Bonchev–Trinajstić information content (AvgIpc) is 2.55. The summed E-state index contributed by atoms with van der Waals surface area (Å²) in [4.78, 5) is 0. The van der Waals surface area contributed by atoms with Crippen molar-refractivity contribution in [3.63, 3.8) is 0 Å². The summed E-state index contributed by atoms with van der Waals surface area (Å²) in [5.41, 5.74) is 0.0716. The zero-order valence-corrected chi connectivity index (χ0v) is 8.62. The molecule has 0 aromatic heterocycles. The van der Waals surface area contributed by atoms with Crippen LogP contribution in [0.15, 0.2) is 0 Å². The molecule has 1 saturated carbocycles. The van der Waals surface area contributed by atoms with E-state index in [4.69, 9.17) is 5.26 Å². The molecule has 0 amide bonds. The molecule has 1 aliphatic carbocycles. The molecule has 0 atom stereocenters. The Morgan fingerprint density at radius 3 is 2.58 bits per heavy atom. The molecule has 0 aromatic carbocycles. The van der Waals surface area contributed by atoms with Crippen LogP contribution in [0, 0.1) is 16.7 Å². The van der Waals surface area contributed by atoms with E-state index in [1.807, 2.05) is 11.8 Å². The average molecular weight is 183 g/mol. The molecule has 0 unspecified atom stereocenters. The molecule has 1 nitrogen and oxygen atoms in total. The maximum Gasteiger partial charge on any atom is 0.0690 e. The van der Waals surface area contributed by atoms with Crippen molar-refractivity contribution in [3.8, 4) is 6.07 Å². The topological polar surface area (TPSA) is 23.8 Å². The van der Waals surface area contributed by atoms with Gasteiger partial charge < -0.3 is 0 Å². The first-order valence-corrected chi connectivity index (χ1v) is 5.97. The van der Waals surface area contributed by atoms with Crippen molar-refractivity contribution in [1.29, 1.82) is 5.26 Å². The van der Waals surface area contributed by atoms with Crippen molar-refractivity contribution >= 4 is 11.8 Å². The SMILES string of the molecule is CCSCCC1(C#N)CCCC1. The predicted molar refractivity (Wildman–Crippen MR) is 54.1 cm³/mol. The van der Waals surface area contributed by atoms with Crippen molar-refractivity contribution in [2.45, 2.75) is 39.0 Å². The third-order valence-corrected chi connectivity index (χ3v) is 3.63. The molecular formula is C10H17NS. The van der Waals surface area contributed by atoms with Crippen molar-refractivity contribution in [3.05, 3.63) is 0 Å². The lowest BCUT2D eigenvalue weighted by Crippen LogP contribution is -2.14. The number of nitrogens with zero attached hydrogens (tertiary/aromatic N) is 1. The van der Waals surface area contributed by atoms with Crippen LogP contribution in [0.4, 0.5) is 0 Å². The second-order valence-corrected chi connectivity index (χ2v) is 4.94. The third kappa shape index (κ3) is 2.42. The summed E-state index contributed by atoms with van der Waals surface area (Å²) in [5, 5.41) is 9.06. The minimum Gasteiger partial charge on any atom is -0.198 e. The van der Waals surface area contributed by atoms with Crippen LogP contribution < -0.4 is 0 Å². The first kappa shape index (κ1) is 9.92. The van der Waals surface area contributed by atoms with Crippen LogP contribution >= 0.6 is 11.8 Å². The second kappa shape index (κ2) is 4.77. The summed E-state index contributed by atoms with van der Waals surface area (Å²) >= 11 is 1.96. The molecule has 68 valence electrons. The van der Waals surface area contributed by atoms with E-state index in [9.17, 15) is 0 Å². The zero-order chi connectivity index (χ0) is 8.86. The Morgan fingerprint density at radius 2 is 2.08 bits per heavy atom. The summed E-state index contributed by atoms with van der Waals surface area (Å²) < 4.78 is 0. The molecule has 1 rings (SSSR count). The Balaban J connectivity index is 2.30. The molecule has 0 aliphatic heterocycles. The first-order valence-electron chi connectivity index (χ1n) is 4.82. The maximum atomic E-state index is 9.06. The van der Waals surface area contributed by atoms with Gasteiger partial charge in [-0.15, -0.1) is 0 Å². The molecule has 2 heteroatoms. The summed E-state index contributed by atoms with van der Waals surface area (Å²) in [5.74, 6) is 2.35. The van der Waals surface area contributed by atoms with Gasteiger partial charge in [-0.05, 0) is 30.8 Å². The molecule has 0 saturated heterocycles. The van der Waals surface area contributed by atoms with Gasteiger partial charge in [-0.25, -0.2) is 0 Å². The van der Waals surface area contributed by atoms with Gasteiger partial charge in [0.25, 0.3) is 0 Å². The van der Waals surface area contributed by atoms with Crippen LogP contribution in [0.2, 0.25) is 0 Å². The second-order valence-electron chi connectivity index (χ2n) is 3.55. The van der Waals surface area contributed by atoms with E-state index in [0.29, 0.717) is 0 Å². The van der Waals surface area contributed by atoms with Gasteiger partial charge in [-0.1, -0.05) is 19.8 Å². The highest BCUT2D eigenvalue weighted by molar-refractivity contribution is 7.99. The van der Waals surface area contributed by atoms with E-state index in [1.165, 1.54) is 24.3 Å². The van der Waals surface area contributed by atoms with E-state index in [1.54, 1.807) is 0 Å². The Hall–Kier alpha value is -0.160. The van der Waals surface area contributed by atoms with Crippen molar-refractivity contribution in [2.75, 3.05) is 11.5 Å². The highest BCUT2D eigenvalue weighted by atomic mass is 32.2. The number of thioether (sulfide) groups is 1. The smallest absolute Gasteiger partial charge is 0.0690 e. The van der Waals surface area contributed by atoms with Gasteiger partial charge in [0.05, 0.1) is 11.5 Å². The molecule has 0 heterocycles. The highest BCUT2D eigenvalue weighted by Crippen LogP contribution is 2.40. The lowest BCUT2D eigenvalue weighted by molar-refractivity contribution is 0.399. The van der Waals surface area contributed by atoms with E-state index < -0.39 is 0 Å². The van der Waals surface area contributed by atoms with Crippen LogP contribution in [0.5, 0.6) is 0 Å². The van der Waals surface area contributed by atoms with E-state index in [0.717, 1.165) is 19.3 Å². The summed E-state index contributed by atoms with van der Waals surface area (Å²) in [6.45, 7) is 2.18. The fourth-order valence-corrected chi connectivity index (χ4v) is 2.71. The summed E-state index contributed by atoms with van der Waals surface area (Å²) in [6, 6.07) is 2.52. The lowest BCUT2D eigenvalue weighted by Gasteiger charge is -2.18. The number of hydrogen-bond donors (Lipinski definition) is 0. The summed E-state index contributed by atoms with van der Waals surface area (Å²) in [6.07, 6.45) is 5.94. The van der Waals surface area contributed by atoms with Gasteiger partial charge >= 0.3 is 0 Å². The number of rotatable bonds is 4. The molecule has 0 aromatic rings. The minimum absolute atomic E-state index is 0.0716. The van der Waals surface area contributed by atoms with Crippen LogP contribution in [0.3, 0.4) is 0 Å². The van der Waals surface area contributed by atoms with Crippen LogP contribution in [0.25, 0.3) is 0 Å². The summed E-state index contributed by atoms with van der Waals surface area (Å²) in [7, 11) is 0. The predicted octanol–water partition coefficient (Wildman–Crippen LogP) is 3.21. The zero-order valence-electron chi connectivity index (χ0n) is 7.81. The van der Waals surface area contributed by atoms with Gasteiger partial charge in [0, 0.05) is 0 Å². The molecule has 1 aliphatic rings. The van der Waals surface area contributed by atoms with Crippen LogP contribution in [-0.2, 0) is 0 Å². The van der Waals surface area contributed by atoms with Gasteiger partial charge in [0.2, 0.25) is 0 Å². The van der Waals surface area contributed by atoms with Gasteiger partial charge in [0.15, 0.2) is 0 Å². The Morgan fingerprint density at radius 1 is 1.42 bits per heavy atom. The van der Waals surface area contributed by atoms with Crippen LogP contribution in [-0.4, -0.2) is 11.5 Å². The van der Waals surface area contributed by atoms with E-state index in [2.05, 4.69) is 13.0 Å². The molecular weight excluding hydrogens is 166 g/mol. The molecule has 0 spiro atoms. The van der Waals surface area contributed by atoms with E-state index in [-0.39, 0.29) is 5.41 Å². The number of hydrogen-bond acceptors (Lipinski definition) is 2. The fourth-order valence-electron chi connectivity index (χ4n) is 1.88. The molecule has 0 N–H and O–H groups in total. The van der Waals surface area contributed by atoms with Crippen molar-refractivity contribution in [1.82, 2.24) is 0 Å². The largest absolute Gasteiger partial charge is 0.198 e. The standard InChI is InChI=1S/C10H17NS/c1-2-12-8-7-10(9-11)5-3-4-6-10/h2-8H2,1H3. The lowest BCUT2D eigenvalue weighted by atomic mass is 9.85. The monoisotopic (exact) mass is 183 g/mol. The quantitative estimate of drug-likeness (QED) is 0.625. The van der Waals surface area contributed by atoms with Gasteiger partial charge in [-0.3, -0.25) is 0 Å². The Bertz CT molecular complexity index is 165. The van der Waals surface area contributed by atoms with Gasteiger partial charge in [0.1, 0.15) is 0 Å². The normalized spacial score (nSPS) is 20.7. The molecule has 1 fully saturated rings. The fraction of sp³-hybridized carbons (Fsp3) is 0.900. The number of nitriles is 1. The highest BCUT2D eigenvalue weighted by Gasteiger charge is 2.32. The van der Waals surface area contributed by atoms with Crippen molar-refractivity contribution < 1.29 is 0 Å². The molecule has 0 radical (unpaired) electrons. The van der Waals surface area contributed by atoms with Crippen molar-refractivity contribution in [2.24, 2.45) is 5.41 Å². The third-order valence-electron chi connectivity index (χ3n) is 2.73. The maximum absolute atomic E-state index is 9.06. The van der Waals surface area contributed by atoms with E-state index >= 15 is 0 Å².